The summed E-state index contributed by atoms with van der Waals surface area (Å²) in [5.74, 6) is -0.886. The number of aromatic nitrogens is 2. The number of halogens is 1. The predicted octanol–water partition coefficient (Wildman–Crippen LogP) is 5.26. The zero-order valence-electron chi connectivity index (χ0n) is 17.9. The van der Waals surface area contributed by atoms with Crippen molar-refractivity contribution < 1.29 is 9.18 Å². The van der Waals surface area contributed by atoms with Crippen LogP contribution in [0.3, 0.4) is 0 Å². The number of thioether (sulfide) groups is 1. The van der Waals surface area contributed by atoms with Crippen molar-refractivity contribution in [2.24, 2.45) is 0 Å². The summed E-state index contributed by atoms with van der Waals surface area (Å²) in [4.78, 5) is 30.8. The van der Waals surface area contributed by atoms with E-state index < -0.39 is 11.1 Å². The summed E-state index contributed by atoms with van der Waals surface area (Å²) >= 11 is 1.15. The molecule has 162 valence electrons. The van der Waals surface area contributed by atoms with Crippen LogP contribution in [0.5, 0.6) is 0 Å². The van der Waals surface area contributed by atoms with Gasteiger partial charge in [-0.1, -0.05) is 42.1 Å². The Bertz CT molecular complexity index is 1380. The van der Waals surface area contributed by atoms with E-state index in [4.69, 9.17) is 0 Å². The van der Waals surface area contributed by atoms with Gasteiger partial charge in [-0.3, -0.25) is 14.2 Å². The number of anilines is 1. The molecule has 4 aromatic rings. The van der Waals surface area contributed by atoms with Crippen LogP contribution in [0.4, 0.5) is 10.1 Å². The molecule has 7 heteroatoms. The number of amides is 1. The van der Waals surface area contributed by atoms with Crippen molar-refractivity contribution in [1.29, 1.82) is 0 Å². The second-order valence-corrected chi connectivity index (χ2v) is 8.86. The first-order chi connectivity index (χ1) is 15.3. The van der Waals surface area contributed by atoms with E-state index in [1.165, 1.54) is 16.7 Å². The third-order valence-corrected chi connectivity index (χ3v) is 6.33. The lowest BCUT2D eigenvalue weighted by molar-refractivity contribution is -0.115. The van der Waals surface area contributed by atoms with Gasteiger partial charge in [0.1, 0.15) is 5.82 Å². The molecule has 5 nitrogen and oxygen atoms in total. The van der Waals surface area contributed by atoms with Gasteiger partial charge in [0.2, 0.25) is 5.91 Å². The number of aryl methyl sites for hydroxylation is 2. The van der Waals surface area contributed by atoms with Gasteiger partial charge in [-0.05, 0) is 68.3 Å². The molecule has 0 saturated heterocycles. The molecular weight excluding hydrogens is 425 g/mol. The average molecular weight is 448 g/mol. The Morgan fingerprint density at radius 3 is 2.50 bits per heavy atom. The van der Waals surface area contributed by atoms with Crippen molar-refractivity contribution in [3.05, 3.63) is 94.0 Å². The molecule has 1 unspecified atom stereocenters. The number of nitrogens with zero attached hydrogens (tertiary/aromatic N) is 2. The van der Waals surface area contributed by atoms with Gasteiger partial charge in [0.05, 0.1) is 27.5 Å². The standard InChI is InChI=1S/C25H22FN3O2S/c1-15-12-13-18(14-16(15)2)29-24(31)19-8-4-6-10-21(19)28-25(29)32-17(3)23(30)27-22-11-7-5-9-20(22)26/h4-14,17H,1-3H3,(H,27,30). The van der Waals surface area contributed by atoms with Gasteiger partial charge in [0, 0.05) is 0 Å². The minimum atomic E-state index is -0.625. The first kappa shape index (κ1) is 21.8. The predicted molar refractivity (Wildman–Crippen MR) is 127 cm³/mol. The van der Waals surface area contributed by atoms with E-state index >= 15 is 0 Å². The summed E-state index contributed by atoms with van der Waals surface area (Å²) in [7, 11) is 0. The molecule has 0 saturated carbocycles. The van der Waals surface area contributed by atoms with Crippen molar-refractivity contribution in [2.75, 3.05) is 5.32 Å². The zero-order chi connectivity index (χ0) is 22.8. The lowest BCUT2D eigenvalue weighted by Crippen LogP contribution is -2.26. The van der Waals surface area contributed by atoms with E-state index in [-0.39, 0.29) is 17.2 Å². The fraction of sp³-hybridized carbons (Fsp3) is 0.160. The van der Waals surface area contributed by atoms with E-state index in [0.717, 1.165) is 22.9 Å². The first-order valence-corrected chi connectivity index (χ1v) is 11.0. The molecule has 1 heterocycles. The Balaban J connectivity index is 1.75. The molecule has 0 spiro atoms. The number of rotatable bonds is 5. The fourth-order valence-electron chi connectivity index (χ4n) is 3.29. The Morgan fingerprint density at radius 1 is 1.03 bits per heavy atom. The van der Waals surface area contributed by atoms with Crippen molar-refractivity contribution in [3.63, 3.8) is 0 Å². The molecule has 32 heavy (non-hydrogen) atoms. The van der Waals surface area contributed by atoms with E-state index in [2.05, 4.69) is 10.3 Å². The molecule has 0 aliphatic rings. The second-order valence-electron chi connectivity index (χ2n) is 7.55. The van der Waals surface area contributed by atoms with E-state index in [0.29, 0.717) is 21.7 Å². The summed E-state index contributed by atoms with van der Waals surface area (Å²) in [5, 5.41) is 2.88. The minimum Gasteiger partial charge on any atom is -0.323 e. The van der Waals surface area contributed by atoms with Gasteiger partial charge < -0.3 is 5.32 Å². The summed E-state index contributed by atoms with van der Waals surface area (Å²) in [6.07, 6.45) is 0. The smallest absolute Gasteiger partial charge is 0.266 e. The third-order valence-electron chi connectivity index (χ3n) is 5.28. The quantitative estimate of drug-likeness (QED) is 0.335. The first-order valence-electron chi connectivity index (χ1n) is 10.2. The van der Waals surface area contributed by atoms with Crippen LogP contribution in [-0.2, 0) is 4.79 Å². The molecular formula is C25H22FN3O2S. The molecule has 3 aromatic carbocycles. The second kappa shape index (κ2) is 8.96. The van der Waals surface area contributed by atoms with Crippen LogP contribution in [0.25, 0.3) is 16.6 Å². The van der Waals surface area contributed by atoms with E-state index in [9.17, 15) is 14.0 Å². The maximum Gasteiger partial charge on any atom is 0.266 e. The number of fused-ring (bicyclic) bond motifs is 1. The van der Waals surface area contributed by atoms with Crippen LogP contribution >= 0.6 is 11.8 Å². The largest absolute Gasteiger partial charge is 0.323 e. The van der Waals surface area contributed by atoms with Crippen molar-refractivity contribution in [2.45, 2.75) is 31.2 Å². The monoisotopic (exact) mass is 447 g/mol. The number of hydrogen-bond donors (Lipinski definition) is 1. The molecule has 0 radical (unpaired) electrons. The Labute approximate surface area is 189 Å². The topological polar surface area (TPSA) is 64.0 Å². The van der Waals surface area contributed by atoms with Crippen LogP contribution in [0.2, 0.25) is 0 Å². The van der Waals surface area contributed by atoms with Crippen molar-refractivity contribution in [1.82, 2.24) is 9.55 Å². The van der Waals surface area contributed by atoms with Gasteiger partial charge in [0.25, 0.3) is 5.56 Å². The lowest BCUT2D eigenvalue weighted by atomic mass is 10.1. The number of benzene rings is 3. The van der Waals surface area contributed by atoms with Gasteiger partial charge in [-0.2, -0.15) is 0 Å². The summed E-state index contributed by atoms with van der Waals surface area (Å²) < 4.78 is 15.5. The van der Waals surface area contributed by atoms with Gasteiger partial charge in [-0.15, -0.1) is 0 Å². The normalized spacial score (nSPS) is 12.0. The third kappa shape index (κ3) is 4.29. The van der Waals surface area contributed by atoms with Crippen LogP contribution < -0.4 is 10.9 Å². The van der Waals surface area contributed by atoms with Crippen LogP contribution in [0.15, 0.2) is 76.7 Å². The number of nitrogens with one attached hydrogen (secondary N) is 1. The minimum absolute atomic E-state index is 0.114. The molecule has 1 aromatic heterocycles. The fourth-order valence-corrected chi connectivity index (χ4v) is 4.22. The molecule has 0 aliphatic carbocycles. The molecule has 1 atom stereocenters. The van der Waals surface area contributed by atoms with Gasteiger partial charge in [0.15, 0.2) is 5.16 Å². The molecule has 0 bridgehead atoms. The van der Waals surface area contributed by atoms with Crippen molar-refractivity contribution in [3.8, 4) is 5.69 Å². The van der Waals surface area contributed by atoms with Crippen LogP contribution in [0.1, 0.15) is 18.1 Å². The zero-order valence-corrected chi connectivity index (χ0v) is 18.7. The van der Waals surface area contributed by atoms with Crippen LogP contribution in [0, 0.1) is 19.7 Å². The maximum absolute atomic E-state index is 13.9. The molecule has 1 amide bonds. The van der Waals surface area contributed by atoms with E-state index in [1.807, 2.05) is 38.1 Å². The summed E-state index contributed by atoms with van der Waals surface area (Å²) in [5.41, 5.74) is 3.31. The summed E-state index contributed by atoms with van der Waals surface area (Å²) in [6, 6.07) is 18.9. The lowest BCUT2D eigenvalue weighted by Gasteiger charge is -2.17. The van der Waals surface area contributed by atoms with Crippen molar-refractivity contribution >= 4 is 34.3 Å². The SMILES string of the molecule is Cc1ccc(-n2c(SC(C)C(=O)Nc3ccccc3F)nc3ccccc3c2=O)cc1C. The number of hydrogen-bond acceptors (Lipinski definition) is 4. The number of carbonyl (C=O) groups excluding carboxylic acids is 1. The highest BCUT2D eigenvalue weighted by Gasteiger charge is 2.21. The highest BCUT2D eigenvalue weighted by molar-refractivity contribution is 8.00. The summed E-state index contributed by atoms with van der Waals surface area (Å²) in [6.45, 7) is 5.69. The average Bonchev–Trinajstić information content (AvgIpc) is 2.77. The maximum atomic E-state index is 13.9. The number of carbonyl (C=O) groups is 1. The Kier molecular flexibility index (Phi) is 6.10. The molecule has 1 N–H and O–H groups in total. The van der Waals surface area contributed by atoms with Crippen LogP contribution in [-0.4, -0.2) is 20.7 Å². The highest BCUT2D eigenvalue weighted by atomic mass is 32.2. The molecule has 0 fully saturated rings. The number of para-hydroxylation sites is 2. The Morgan fingerprint density at radius 2 is 1.75 bits per heavy atom. The molecule has 4 rings (SSSR count). The Hall–Kier alpha value is -3.45. The van der Waals surface area contributed by atoms with E-state index in [1.54, 1.807) is 37.3 Å². The van der Waals surface area contributed by atoms with Gasteiger partial charge in [-0.25, -0.2) is 9.37 Å². The molecule has 0 aliphatic heterocycles. The highest BCUT2D eigenvalue weighted by Crippen LogP contribution is 2.27. The van der Waals surface area contributed by atoms with Gasteiger partial charge >= 0.3 is 0 Å².